The molecule has 0 heterocycles. The Morgan fingerprint density at radius 2 is 1.20 bits per heavy atom. The van der Waals surface area contributed by atoms with Crippen LogP contribution in [0.3, 0.4) is 0 Å². The fourth-order valence-corrected chi connectivity index (χ4v) is 5.36. The van der Waals surface area contributed by atoms with Crippen LogP contribution in [-0.2, 0) is 11.8 Å². The van der Waals surface area contributed by atoms with Gasteiger partial charge in [0, 0.05) is 50.9 Å². The maximum atomic E-state index is 14.7. The number of aryl methyl sites for hydroxylation is 1. The first kappa shape index (κ1) is 20.7. The van der Waals surface area contributed by atoms with E-state index in [2.05, 4.69) is 0 Å². The molecule has 0 saturated carbocycles. The number of anilines is 1. The van der Waals surface area contributed by atoms with Crippen LogP contribution in [0.25, 0.3) is 0 Å². The minimum atomic E-state index is -3.74. The summed E-state index contributed by atoms with van der Waals surface area (Å²) in [5.74, 6) is 0. The third-order valence-corrected chi connectivity index (χ3v) is 5.74. The molecule has 0 radical (unpaired) electrons. The van der Waals surface area contributed by atoms with E-state index in [1.165, 1.54) is 36.4 Å². The summed E-state index contributed by atoms with van der Waals surface area (Å²) in [5, 5.41) is 0. The minimum absolute atomic E-state index is 0.129. The van der Waals surface area contributed by atoms with Gasteiger partial charge in [0.25, 0.3) is 0 Å². The van der Waals surface area contributed by atoms with Crippen LogP contribution >= 0.6 is 45.2 Å². The number of hydrogen-bond donors (Lipinski definition) is 1. The fraction of sp³-hybridized carbons (Fsp3) is 0.333. The van der Waals surface area contributed by atoms with Gasteiger partial charge >= 0.3 is 7.86 Å². The second-order valence-corrected chi connectivity index (χ2v) is 8.52. The SMILES string of the molecule is CCCc1ccc(C(c2ccc(N)cc2)(C(F)(F)I)C(F)(F)I)cc1. The van der Waals surface area contributed by atoms with Crippen LogP contribution in [0.2, 0.25) is 0 Å². The molecule has 2 N–H and O–H groups in total. The first-order chi connectivity index (χ1) is 11.5. The van der Waals surface area contributed by atoms with E-state index < -0.39 is 13.3 Å². The van der Waals surface area contributed by atoms with E-state index in [-0.39, 0.29) is 11.1 Å². The molecule has 2 rings (SSSR count). The molecular formula is C18H17F4I2N. The van der Waals surface area contributed by atoms with Gasteiger partial charge in [-0.25, -0.2) is 0 Å². The molecule has 1 nitrogen and oxygen atoms in total. The van der Waals surface area contributed by atoms with Crippen LogP contribution in [-0.4, -0.2) is 7.86 Å². The van der Waals surface area contributed by atoms with Crippen molar-refractivity contribution in [2.75, 3.05) is 5.73 Å². The fourth-order valence-electron chi connectivity index (χ4n) is 2.93. The minimum Gasteiger partial charge on any atom is -0.399 e. The monoisotopic (exact) mass is 577 g/mol. The van der Waals surface area contributed by atoms with Crippen molar-refractivity contribution in [3.8, 4) is 0 Å². The standard InChI is InChI=1S/C18H17F4I2N/c1-2-3-12-4-6-13(7-5-12)16(17(19,20)23,18(21,22)24)14-8-10-15(25)11-9-14/h4-11H,2-3,25H2,1H3. The van der Waals surface area contributed by atoms with E-state index in [1.54, 1.807) is 12.1 Å². The lowest BCUT2D eigenvalue weighted by Gasteiger charge is -2.41. The average Bonchev–Trinajstić information content (AvgIpc) is 2.49. The first-order valence-electron chi connectivity index (χ1n) is 7.63. The quantitative estimate of drug-likeness (QED) is 0.179. The Balaban J connectivity index is 2.76. The molecule has 0 aromatic heterocycles. The molecule has 0 saturated heterocycles. The lowest BCUT2D eigenvalue weighted by atomic mass is 9.74. The van der Waals surface area contributed by atoms with Gasteiger partial charge in [0.15, 0.2) is 5.41 Å². The molecule has 0 aliphatic carbocycles. The van der Waals surface area contributed by atoms with Crippen LogP contribution in [0, 0.1) is 0 Å². The third kappa shape index (κ3) is 3.91. The van der Waals surface area contributed by atoms with Crippen molar-refractivity contribution in [1.29, 1.82) is 0 Å². The molecule has 0 atom stereocenters. The van der Waals surface area contributed by atoms with Gasteiger partial charge in [-0.05, 0) is 35.2 Å². The van der Waals surface area contributed by atoms with E-state index in [0.717, 1.165) is 63.6 Å². The summed E-state index contributed by atoms with van der Waals surface area (Å²) in [4.78, 5) is 0. The maximum Gasteiger partial charge on any atom is 0.316 e. The van der Waals surface area contributed by atoms with Crippen molar-refractivity contribution < 1.29 is 17.6 Å². The number of rotatable bonds is 6. The molecule has 0 spiro atoms. The summed E-state index contributed by atoms with van der Waals surface area (Å²) in [6.07, 6.45) is 1.64. The molecule has 0 fully saturated rings. The molecule has 25 heavy (non-hydrogen) atoms. The molecule has 0 bridgehead atoms. The largest absolute Gasteiger partial charge is 0.399 e. The van der Waals surface area contributed by atoms with E-state index in [9.17, 15) is 17.6 Å². The average molecular weight is 577 g/mol. The molecule has 0 aliphatic heterocycles. The molecule has 0 aliphatic rings. The van der Waals surface area contributed by atoms with Gasteiger partial charge in [0.2, 0.25) is 0 Å². The Morgan fingerprint density at radius 1 is 0.800 bits per heavy atom. The van der Waals surface area contributed by atoms with Gasteiger partial charge < -0.3 is 5.73 Å². The highest BCUT2D eigenvalue weighted by atomic mass is 127. The Labute approximate surface area is 171 Å². The number of halogens is 6. The van der Waals surface area contributed by atoms with Crippen LogP contribution < -0.4 is 5.73 Å². The zero-order valence-electron chi connectivity index (χ0n) is 13.4. The Bertz CT molecular complexity index is 690. The molecule has 0 unspecified atom stereocenters. The number of benzene rings is 2. The zero-order chi connectivity index (χ0) is 18.9. The van der Waals surface area contributed by atoms with Gasteiger partial charge in [-0.2, -0.15) is 17.6 Å². The number of nitrogens with two attached hydrogens (primary N) is 1. The lowest BCUT2D eigenvalue weighted by molar-refractivity contribution is -0.0555. The van der Waals surface area contributed by atoms with E-state index in [4.69, 9.17) is 5.73 Å². The molecule has 2 aromatic carbocycles. The molecule has 7 heteroatoms. The number of nitrogen functional groups attached to an aromatic ring is 1. The van der Waals surface area contributed by atoms with Gasteiger partial charge in [-0.15, -0.1) is 0 Å². The van der Waals surface area contributed by atoms with Crippen molar-refractivity contribution in [2.45, 2.75) is 33.0 Å². The second kappa shape index (κ2) is 7.58. The number of alkyl halides is 6. The maximum absolute atomic E-state index is 14.7. The Hall–Kier alpha value is -0.580. The zero-order valence-corrected chi connectivity index (χ0v) is 17.7. The second-order valence-electron chi connectivity index (χ2n) is 5.81. The van der Waals surface area contributed by atoms with Crippen molar-refractivity contribution in [1.82, 2.24) is 0 Å². The van der Waals surface area contributed by atoms with E-state index in [1.807, 2.05) is 6.92 Å². The first-order valence-corrected chi connectivity index (χ1v) is 9.78. The summed E-state index contributed by atoms with van der Waals surface area (Å²) < 4.78 is 51.4. The highest BCUT2D eigenvalue weighted by Gasteiger charge is 2.68. The van der Waals surface area contributed by atoms with Crippen LogP contribution in [0.4, 0.5) is 23.2 Å². The third-order valence-electron chi connectivity index (χ3n) is 4.12. The van der Waals surface area contributed by atoms with E-state index in [0.29, 0.717) is 5.69 Å². The lowest BCUT2D eigenvalue weighted by Crippen LogP contribution is -2.53. The summed E-state index contributed by atoms with van der Waals surface area (Å²) in [5.41, 5.74) is 3.74. The Kier molecular flexibility index (Phi) is 6.28. The van der Waals surface area contributed by atoms with Gasteiger partial charge in [0.1, 0.15) is 0 Å². The van der Waals surface area contributed by atoms with Crippen LogP contribution in [0.5, 0.6) is 0 Å². The van der Waals surface area contributed by atoms with Crippen molar-refractivity contribution in [3.63, 3.8) is 0 Å². The van der Waals surface area contributed by atoms with Crippen molar-refractivity contribution >= 4 is 50.9 Å². The van der Waals surface area contributed by atoms with Gasteiger partial charge in [0.05, 0.1) is 0 Å². The molecule has 136 valence electrons. The predicted molar refractivity (Wildman–Crippen MR) is 110 cm³/mol. The molecule has 2 aromatic rings. The van der Waals surface area contributed by atoms with Crippen LogP contribution in [0.15, 0.2) is 48.5 Å². The molecular weight excluding hydrogens is 560 g/mol. The normalized spacial score (nSPS) is 13.1. The van der Waals surface area contributed by atoms with Crippen molar-refractivity contribution in [2.24, 2.45) is 0 Å². The summed E-state index contributed by atoms with van der Waals surface area (Å²) in [7, 11) is 0. The topological polar surface area (TPSA) is 26.0 Å². The van der Waals surface area contributed by atoms with Crippen molar-refractivity contribution in [3.05, 3.63) is 65.2 Å². The van der Waals surface area contributed by atoms with Gasteiger partial charge in [-0.3, -0.25) is 0 Å². The Morgan fingerprint density at radius 3 is 1.56 bits per heavy atom. The number of hydrogen-bond acceptors (Lipinski definition) is 1. The van der Waals surface area contributed by atoms with Crippen LogP contribution in [0.1, 0.15) is 30.0 Å². The summed E-state index contributed by atoms with van der Waals surface area (Å²) in [6.45, 7) is 1.99. The van der Waals surface area contributed by atoms with Gasteiger partial charge in [-0.1, -0.05) is 49.7 Å². The molecule has 0 amide bonds. The smallest absolute Gasteiger partial charge is 0.316 e. The summed E-state index contributed by atoms with van der Waals surface area (Å²) >= 11 is 1.62. The highest BCUT2D eigenvalue weighted by Crippen LogP contribution is 2.60. The highest BCUT2D eigenvalue weighted by molar-refractivity contribution is 14.1. The summed E-state index contributed by atoms with van der Waals surface area (Å²) in [6, 6.07) is 11.2. The predicted octanol–water partition coefficient (Wildman–Crippen LogP) is 6.56. The van der Waals surface area contributed by atoms with E-state index >= 15 is 0 Å².